The first kappa shape index (κ1) is 17.8. The van der Waals surface area contributed by atoms with Crippen molar-refractivity contribution >= 4 is 21.8 Å². The van der Waals surface area contributed by atoms with Gasteiger partial charge in [0.1, 0.15) is 5.75 Å². The summed E-state index contributed by atoms with van der Waals surface area (Å²) in [6.07, 6.45) is 0.134. The molecule has 4 heteroatoms. The van der Waals surface area contributed by atoms with Gasteiger partial charge in [0.25, 0.3) is 5.91 Å². The van der Waals surface area contributed by atoms with Crippen LogP contribution in [0.3, 0.4) is 0 Å². The Morgan fingerprint density at radius 2 is 1.52 bits per heavy atom. The zero-order valence-corrected chi connectivity index (χ0v) is 16.4. The average molecular weight is 422 g/mol. The summed E-state index contributed by atoms with van der Waals surface area (Å²) in [6, 6.07) is 26.1. The number of carbonyl (C=O) groups excluding carboxylic acids is 1. The van der Waals surface area contributed by atoms with Gasteiger partial charge in [-0.1, -0.05) is 76.6 Å². The summed E-state index contributed by atoms with van der Waals surface area (Å²) in [4.78, 5) is 15.2. The van der Waals surface area contributed by atoms with Crippen LogP contribution >= 0.6 is 15.9 Å². The minimum Gasteiger partial charge on any atom is -0.480 e. The number of rotatable bonds is 5. The van der Waals surface area contributed by atoms with E-state index in [0.717, 1.165) is 26.9 Å². The number of halogens is 1. The normalized spacial score (nSPS) is 15.1. The van der Waals surface area contributed by atoms with Gasteiger partial charge in [0.05, 0.1) is 0 Å². The van der Waals surface area contributed by atoms with Crippen molar-refractivity contribution in [1.29, 1.82) is 0 Å². The highest BCUT2D eigenvalue weighted by Crippen LogP contribution is 2.32. The standard InChI is InChI=1S/C23H20BrNO2/c24-20-11-12-21-19(13-20)14-22(27-21)23(26)25(15-17-7-3-1-4-8-17)16-18-9-5-2-6-10-18/h1-13,22H,14-16H2. The van der Waals surface area contributed by atoms with Crippen molar-refractivity contribution < 1.29 is 9.53 Å². The molecule has 4 rings (SSSR count). The lowest BCUT2D eigenvalue weighted by Gasteiger charge is -2.25. The number of carbonyl (C=O) groups is 1. The molecule has 1 atom stereocenters. The molecule has 0 aliphatic carbocycles. The van der Waals surface area contributed by atoms with Crippen LogP contribution in [0.5, 0.6) is 5.75 Å². The number of benzene rings is 3. The van der Waals surface area contributed by atoms with Crippen LogP contribution in [0.4, 0.5) is 0 Å². The summed E-state index contributed by atoms with van der Waals surface area (Å²) in [5.41, 5.74) is 3.29. The van der Waals surface area contributed by atoms with Crippen LogP contribution in [-0.2, 0) is 24.3 Å². The molecule has 0 fully saturated rings. The lowest BCUT2D eigenvalue weighted by molar-refractivity contribution is -0.139. The first-order valence-electron chi connectivity index (χ1n) is 9.01. The van der Waals surface area contributed by atoms with Crippen LogP contribution in [0.1, 0.15) is 16.7 Å². The second-order valence-electron chi connectivity index (χ2n) is 6.73. The molecular formula is C23H20BrNO2. The van der Waals surface area contributed by atoms with E-state index in [2.05, 4.69) is 15.9 Å². The van der Waals surface area contributed by atoms with Gasteiger partial charge in [-0.15, -0.1) is 0 Å². The maximum Gasteiger partial charge on any atom is 0.264 e. The largest absolute Gasteiger partial charge is 0.480 e. The van der Waals surface area contributed by atoms with Crippen molar-refractivity contribution in [2.24, 2.45) is 0 Å². The number of fused-ring (bicyclic) bond motifs is 1. The van der Waals surface area contributed by atoms with Gasteiger partial charge in [-0.2, -0.15) is 0 Å². The minimum atomic E-state index is -0.471. The van der Waals surface area contributed by atoms with Crippen LogP contribution in [-0.4, -0.2) is 16.9 Å². The van der Waals surface area contributed by atoms with Gasteiger partial charge in [-0.05, 0) is 34.9 Å². The molecule has 0 N–H and O–H groups in total. The average Bonchev–Trinajstić information content (AvgIpc) is 3.11. The van der Waals surface area contributed by atoms with E-state index in [-0.39, 0.29) is 5.91 Å². The van der Waals surface area contributed by atoms with Crippen LogP contribution < -0.4 is 4.74 Å². The second-order valence-corrected chi connectivity index (χ2v) is 7.64. The maximum atomic E-state index is 13.3. The van der Waals surface area contributed by atoms with Crippen LogP contribution in [0.25, 0.3) is 0 Å². The highest BCUT2D eigenvalue weighted by atomic mass is 79.9. The summed E-state index contributed by atoms with van der Waals surface area (Å²) in [6.45, 7) is 1.13. The van der Waals surface area contributed by atoms with Crippen molar-refractivity contribution in [3.05, 3.63) is 100 Å². The van der Waals surface area contributed by atoms with Crippen molar-refractivity contribution in [1.82, 2.24) is 4.90 Å². The fraction of sp³-hybridized carbons (Fsp3) is 0.174. The van der Waals surface area contributed by atoms with Crippen molar-refractivity contribution in [3.63, 3.8) is 0 Å². The molecular weight excluding hydrogens is 402 g/mol. The summed E-state index contributed by atoms with van der Waals surface area (Å²) in [7, 11) is 0. The molecule has 3 aromatic carbocycles. The third-order valence-corrected chi connectivity index (χ3v) is 5.21. The molecule has 136 valence electrons. The van der Waals surface area contributed by atoms with Crippen molar-refractivity contribution in [2.45, 2.75) is 25.6 Å². The van der Waals surface area contributed by atoms with E-state index in [1.807, 2.05) is 83.8 Å². The molecule has 1 unspecified atom stereocenters. The lowest BCUT2D eigenvalue weighted by atomic mass is 10.1. The first-order chi connectivity index (χ1) is 13.2. The van der Waals surface area contributed by atoms with E-state index in [0.29, 0.717) is 19.5 Å². The predicted octanol–water partition coefficient (Wildman–Crippen LogP) is 4.98. The SMILES string of the molecule is O=C(C1Cc2cc(Br)ccc2O1)N(Cc1ccccc1)Cc1ccccc1. The molecule has 1 aliphatic rings. The van der Waals surface area contributed by atoms with E-state index < -0.39 is 6.10 Å². The summed E-state index contributed by atoms with van der Waals surface area (Å²) < 4.78 is 6.97. The Kier molecular flexibility index (Phi) is 5.26. The van der Waals surface area contributed by atoms with E-state index in [9.17, 15) is 4.79 Å². The monoisotopic (exact) mass is 421 g/mol. The molecule has 0 spiro atoms. The Bertz CT molecular complexity index is 886. The third-order valence-electron chi connectivity index (χ3n) is 4.72. The Labute approximate surface area is 167 Å². The molecule has 3 aromatic rings. The molecule has 0 saturated carbocycles. The molecule has 1 heterocycles. The van der Waals surface area contributed by atoms with Gasteiger partial charge in [0.15, 0.2) is 6.10 Å². The highest BCUT2D eigenvalue weighted by Gasteiger charge is 2.32. The summed E-state index contributed by atoms with van der Waals surface area (Å²) >= 11 is 3.49. The fourth-order valence-corrected chi connectivity index (χ4v) is 3.79. The van der Waals surface area contributed by atoms with E-state index in [4.69, 9.17) is 4.74 Å². The molecule has 3 nitrogen and oxygen atoms in total. The number of hydrogen-bond donors (Lipinski definition) is 0. The van der Waals surface area contributed by atoms with Gasteiger partial charge in [0.2, 0.25) is 0 Å². The molecule has 0 radical (unpaired) electrons. The second kappa shape index (κ2) is 7.97. The third kappa shape index (κ3) is 4.22. The Balaban J connectivity index is 1.55. The number of nitrogens with zero attached hydrogens (tertiary/aromatic N) is 1. The molecule has 0 saturated heterocycles. The van der Waals surface area contributed by atoms with Crippen LogP contribution in [0.2, 0.25) is 0 Å². The molecule has 27 heavy (non-hydrogen) atoms. The van der Waals surface area contributed by atoms with E-state index in [1.165, 1.54) is 0 Å². The maximum absolute atomic E-state index is 13.3. The lowest BCUT2D eigenvalue weighted by Crippen LogP contribution is -2.40. The van der Waals surface area contributed by atoms with Crippen molar-refractivity contribution in [2.75, 3.05) is 0 Å². The predicted molar refractivity (Wildman–Crippen MR) is 109 cm³/mol. The van der Waals surface area contributed by atoms with Crippen molar-refractivity contribution in [3.8, 4) is 5.75 Å². The smallest absolute Gasteiger partial charge is 0.264 e. The van der Waals surface area contributed by atoms with Gasteiger partial charge < -0.3 is 9.64 Å². The summed E-state index contributed by atoms with van der Waals surface area (Å²) in [5.74, 6) is 0.825. The Hall–Kier alpha value is -2.59. The number of amides is 1. The van der Waals surface area contributed by atoms with Crippen LogP contribution in [0.15, 0.2) is 83.3 Å². The van der Waals surface area contributed by atoms with Gasteiger partial charge in [-0.25, -0.2) is 0 Å². The Morgan fingerprint density at radius 3 is 2.11 bits per heavy atom. The quantitative estimate of drug-likeness (QED) is 0.581. The zero-order chi connectivity index (χ0) is 18.6. The zero-order valence-electron chi connectivity index (χ0n) is 14.8. The summed E-state index contributed by atoms with van der Waals surface area (Å²) in [5, 5.41) is 0. The van der Waals surface area contributed by atoms with Crippen LogP contribution in [0, 0.1) is 0 Å². The fourth-order valence-electron chi connectivity index (χ4n) is 3.38. The molecule has 0 aromatic heterocycles. The van der Waals surface area contributed by atoms with Gasteiger partial charge >= 0.3 is 0 Å². The Morgan fingerprint density at radius 1 is 0.926 bits per heavy atom. The number of ether oxygens (including phenoxy) is 1. The van der Waals surface area contributed by atoms with Gasteiger partial charge in [0, 0.05) is 24.0 Å². The minimum absolute atomic E-state index is 0.0232. The number of hydrogen-bond acceptors (Lipinski definition) is 2. The van der Waals surface area contributed by atoms with E-state index >= 15 is 0 Å². The van der Waals surface area contributed by atoms with E-state index in [1.54, 1.807) is 0 Å². The topological polar surface area (TPSA) is 29.5 Å². The highest BCUT2D eigenvalue weighted by molar-refractivity contribution is 9.10. The molecule has 1 aliphatic heterocycles. The molecule has 0 bridgehead atoms. The first-order valence-corrected chi connectivity index (χ1v) is 9.80. The molecule has 1 amide bonds. The van der Waals surface area contributed by atoms with Gasteiger partial charge in [-0.3, -0.25) is 4.79 Å².